The third-order valence-electron chi connectivity index (χ3n) is 4.36. The van der Waals surface area contributed by atoms with Gasteiger partial charge in [0.1, 0.15) is 17.3 Å². The normalized spacial score (nSPS) is 13.4. The molecule has 3 aromatic rings. The van der Waals surface area contributed by atoms with Crippen molar-refractivity contribution in [2.75, 3.05) is 22.8 Å². The summed E-state index contributed by atoms with van der Waals surface area (Å²) in [6, 6.07) is 11.1. The number of hydrogen-bond donors (Lipinski definition) is 1. The van der Waals surface area contributed by atoms with E-state index in [9.17, 15) is 8.42 Å². The number of ether oxygens (including phenoxy) is 1. The zero-order valence-electron chi connectivity index (χ0n) is 15.1. The summed E-state index contributed by atoms with van der Waals surface area (Å²) in [5.74, 6) is 0.530. The van der Waals surface area contributed by atoms with Gasteiger partial charge in [0.05, 0.1) is 12.2 Å². The van der Waals surface area contributed by atoms with Crippen LogP contribution in [0.3, 0.4) is 0 Å². The van der Waals surface area contributed by atoms with Crippen molar-refractivity contribution in [2.24, 2.45) is 0 Å². The Morgan fingerprint density at radius 2 is 2.07 bits per heavy atom. The van der Waals surface area contributed by atoms with Crippen molar-refractivity contribution in [1.29, 1.82) is 0 Å². The number of aromatic nitrogens is 1. The number of fused-ring (bicyclic) bond motifs is 1. The Morgan fingerprint density at radius 3 is 2.79 bits per heavy atom. The summed E-state index contributed by atoms with van der Waals surface area (Å²) >= 11 is 4.71. The number of sulfonamides is 1. The maximum Gasteiger partial charge on any atom is 0.267 e. The molecule has 1 N–H and O–H groups in total. The van der Waals surface area contributed by atoms with Crippen LogP contribution in [0.4, 0.5) is 10.8 Å². The molecular formula is C19H18BrN3O3S2. The first-order chi connectivity index (χ1) is 13.4. The molecule has 4 rings (SSSR count). The number of nitrogens with zero attached hydrogens (tertiary/aromatic N) is 2. The van der Waals surface area contributed by atoms with Crippen molar-refractivity contribution in [3.05, 3.63) is 63.6 Å². The number of benzene rings is 2. The summed E-state index contributed by atoms with van der Waals surface area (Å²) in [6.07, 6.45) is 1.60. The molecule has 28 heavy (non-hydrogen) atoms. The van der Waals surface area contributed by atoms with Gasteiger partial charge in [0, 0.05) is 28.7 Å². The van der Waals surface area contributed by atoms with Crippen molar-refractivity contribution >= 4 is 48.1 Å². The fourth-order valence-corrected chi connectivity index (χ4v) is 6.21. The molecule has 1 aromatic heterocycles. The minimum atomic E-state index is -3.87. The highest BCUT2D eigenvalue weighted by Gasteiger charge is 2.30. The second-order valence-electron chi connectivity index (χ2n) is 6.37. The number of aryl methyl sites for hydroxylation is 1. The lowest BCUT2D eigenvalue weighted by atomic mass is 10.1. The highest BCUT2D eigenvalue weighted by atomic mass is 79.9. The molecule has 146 valence electrons. The third kappa shape index (κ3) is 3.74. The summed E-state index contributed by atoms with van der Waals surface area (Å²) in [5.41, 5.74) is 2.78. The SMILES string of the molecule is Cc1ccc(CN(c2nccs2)S(=O)(=O)c2cc3c(cc2Br)NCCO3)cc1. The van der Waals surface area contributed by atoms with Crippen molar-refractivity contribution in [3.63, 3.8) is 0 Å². The fraction of sp³-hybridized carbons (Fsp3) is 0.211. The highest BCUT2D eigenvalue weighted by Crippen LogP contribution is 2.38. The third-order valence-corrected chi connectivity index (χ3v) is 7.96. The quantitative estimate of drug-likeness (QED) is 0.586. The number of halogens is 1. The monoisotopic (exact) mass is 479 g/mol. The van der Waals surface area contributed by atoms with Gasteiger partial charge in [-0.1, -0.05) is 29.8 Å². The predicted molar refractivity (Wildman–Crippen MR) is 115 cm³/mol. The number of anilines is 2. The lowest BCUT2D eigenvalue weighted by Crippen LogP contribution is -2.31. The topological polar surface area (TPSA) is 71.5 Å². The zero-order chi connectivity index (χ0) is 19.7. The molecule has 0 saturated heterocycles. The molecule has 0 amide bonds. The largest absolute Gasteiger partial charge is 0.490 e. The smallest absolute Gasteiger partial charge is 0.267 e. The van der Waals surface area contributed by atoms with E-state index in [0.717, 1.165) is 16.8 Å². The van der Waals surface area contributed by atoms with E-state index in [2.05, 4.69) is 26.2 Å². The van der Waals surface area contributed by atoms with Gasteiger partial charge in [-0.25, -0.2) is 17.7 Å². The van der Waals surface area contributed by atoms with Gasteiger partial charge in [-0.05, 0) is 34.5 Å². The first-order valence-electron chi connectivity index (χ1n) is 8.63. The van der Waals surface area contributed by atoms with Crippen molar-refractivity contribution < 1.29 is 13.2 Å². The summed E-state index contributed by atoms with van der Waals surface area (Å²) < 4.78 is 34.6. The second kappa shape index (κ2) is 7.73. The lowest BCUT2D eigenvalue weighted by molar-refractivity contribution is 0.322. The van der Waals surface area contributed by atoms with Crippen LogP contribution in [0.2, 0.25) is 0 Å². The lowest BCUT2D eigenvalue weighted by Gasteiger charge is -2.25. The molecule has 0 saturated carbocycles. The Hall–Kier alpha value is -2.10. The Labute approximate surface area is 176 Å². The van der Waals surface area contributed by atoms with E-state index in [1.54, 1.807) is 23.7 Å². The molecule has 0 atom stereocenters. The van der Waals surface area contributed by atoms with Gasteiger partial charge in [-0.3, -0.25) is 0 Å². The van der Waals surface area contributed by atoms with Crippen molar-refractivity contribution in [1.82, 2.24) is 4.98 Å². The highest BCUT2D eigenvalue weighted by molar-refractivity contribution is 9.10. The molecule has 0 radical (unpaired) electrons. The maximum atomic E-state index is 13.6. The zero-order valence-corrected chi connectivity index (χ0v) is 18.3. The van der Waals surface area contributed by atoms with Crippen LogP contribution < -0.4 is 14.4 Å². The van der Waals surface area contributed by atoms with E-state index in [1.807, 2.05) is 31.2 Å². The van der Waals surface area contributed by atoms with Crippen LogP contribution in [-0.4, -0.2) is 26.6 Å². The standard InChI is InChI=1S/C19H18BrN3O3S2/c1-13-2-4-14(5-3-13)12-23(19-22-7-9-27-19)28(24,25)18-11-17-16(10-15(18)20)21-6-8-26-17/h2-5,7,9-11,21H,6,8,12H2,1H3. The first-order valence-corrected chi connectivity index (χ1v) is 11.7. The van der Waals surface area contributed by atoms with Gasteiger partial charge in [0.25, 0.3) is 10.0 Å². The molecule has 1 aliphatic heterocycles. The minimum absolute atomic E-state index is 0.150. The minimum Gasteiger partial charge on any atom is -0.490 e. The Kier molecular flexibility index (Phi) is 5.31. The molecule has 0 spiro atoms. The molecule has 9 heteroatoms. The molecule has 2 aromatic carbocycles. The number of rotatable bonds is 5. The van der Waals surface area contributed by atoms with E-state index in [4.69, 9.17) is 4.74 Å². The predicted octanol–water partition coefficient (Wildman–Crippen LogP) is 4.41. The van der Waals surface area contributed by atoms with Gasteiger partial charge >= 0.3 is 0 Å². The van der Waals surface area contributed by atoms with E-state index >= 15 is 0 Å². The molecule has 0 fully saturated rings. The molecule has 0 aliphatic carbocycles. The summed E-state index contributed by atoms with van der Waals surface area (Å²) in [4.78, 5) is 4.40. The van der Waals surface area contributed by atoms with Crippen LogP contribution in [0.1, 0.15) is 11.1 Å². The number of hydrogen-bond acceptors (Lipinski definition) is 6. The fourth-order valence-electron chi connectivity index (χ4n) is 2.91. The van der Waals surface area contributed by atoms with Gasteiger partial charge < -0.3 is 10.1 Å². The number of thiazole rings is 1. The Balaban J connectivity index is 1.78. The second-order valence-corrected chi connectivity index (χ2v) is 9.92. The van der Waals surface area contributed by atoms with Gasteiger partial charge in [0.15, 0.2) is 5.13 Å². The summed E-state index contributed by atoms with van der Waals surface area (Å²) in [6.45, 7) is 3.37. The van der Waals surface area contributed by atoms with Crippen LogP contribution in [0.25, 0.3) is 0 Å². The van der Waals surface area contributed by atoms with Gasteiger partial charge in [0.2, 0.25) is 0 Å². The van der Waals surface area contributed by atoms with Crippen LogP contribution in [0.15, 0.2) is 57.3 Å². The molecule has 6 nitrogen and oxygen atoms in total. The molecular weight excluding hydrogens is 462 g/mol. The van der Waals surface area contributed by atoms with Crippen molar-refractivity contribution in [2.45, 2.75) is 18.4 Å². The van der Waals surface area contributed by atoms with Crippen LogP contribution in [0, 0.1) is 6.92 Å². The van der Waals surface area contributed by atoms with Crippen LogP contribution in [0.5, 0.6) is 5.75 Å². The van der Waals surface area contributed by atoms with E-state index in [0.29, 0.717) is 28.5 Å². The molecule has 2 heterocycles. The molecule has 0 bridgehead atoms. The van der Waals surface area contributed by atoms with Crippen LogP contribution in [-0.2, 0) is 16.6 Å². The summed E-state index contributed by atoms with van der Waals surface area (Å²) in [5, 5.41) is 5.40. The average molecular weight is 480 g/mol. The van der Waals surface area contributed by atoms with Crippen molar-refractivity contribution in [3.8, 4) is 5.75 Å². The van der Waals surface area contributed by atoms with E-state index in [-0.39, 0.29) is 11.4 Å². The Bertz CT molecular complexity index is 1080. The number of nitrogens with one attached hydrogen (secondary N) is 1. The van der Waals surface area contributed by atoms with Crippen LogP contribution >= 0.6 is 27.3 Å². The molecule has 1 aliphatic rings. The Morgan fingerprint density at radius 1 is 1.29 bits per heavy atom. The first kappa shape index (κ1) is 19.2. The summed E-state index contributed by atoms with van der Waals surface area (Å²) in [7, 11) is -3.87. The maximum absolute atomic E-state index is 13.6. The van der Waals surface area contributed by atoms with E-state index in [1.165, 1.54) is 15.6 Å². The molecule has 0 unspecified atom stereocenters. The van der Waals surface area contributed by atoms with Gasteiger partial charge in [-0.2, -0.15) is 0 Å². The average Bonchev–Trinajstić information content (AvgIpc) is 3.21. The van der Waals surface area contributed by atoms with Gasteiger partial charge in [-0.15, -0.1) is 11.3 Å². The van der Waals surface area contributed by atoms with E-state index < -0.39 is 10.0 Å².